The number of fused-ring (bicyclic) bond motifs is 1. The summed E-state index contributed by atoms with van der Waals surface area (Å²) in [5, 5.41) is 1.68. The monoisotopic (exact) mass is 276 g/mol. The van der Waals surface area contributed by atoms with Gasteiger partial charge in [-0.25, -0.2) is 4.98 Å². The lowest BCUT2D eigenvalue weighted by molar-refractivity contribution is 0.112. The van der Waals surface area contributed by atoms with Gasteiger partial charge < -0.3 is 4.98 Å². The number of hydrogen-bond donors (Lipinski definition) is 1. The van der Waals surface area contributed by atoms with Crippen molar-refractivity contribution in [1.29, 1.82) is 0 Å². The second kappa shape index (κ2) is 4.95. The summed E-state index contributed by atoms with van der Waals surface area (Å²) in [5.74, 6) is 6.02. The molecule has 2 heterocycles. The summed E-state index contributed by atoms with van der Waals surface area (Å²) >= 11 is 3.31. The molecule has 0 fully saturated rings. The average Bonchev–Trinajstić information content (AvgIpc) is 2.71. The van der Waals surface area contributed by atoms with Crippen LogP contribution in [0.5, 0.6) is 0 Å². The Balaban J connectivity index is 2.43. The van der Waals surface area contributed by atoms with Gasteiger partial charge in [0.1, 0.15) is 5.65 Å². The van der Waals surface area contributed by atoms with E-state index in [9.17, 15) is 4.79 Å². The van der Waals surface area contributed by atoms with Gasteiger partial charge in [0.15, 0.2) is 6.29 Å². The normalized spacial score (nSPS) is 9.81. The van der Waals surface area contributed by atoms with Gasteiger partial charge in [0.05, 0.1) is 0 Å². The fourth-order valence-electron chi connectivity index (χ4n) is 1.40. The molecule has 2 rings (SSSR count). The van der Waals surface area contributed by atoms with E-state index in [4.69, 9.17) is 0 Å². The van der Waals surface area contributed by atoms with E-state index in [2.05, 4.69) is 37.7 Å². The van der Waals surface area contributed by atoms with E-state index in [1.54, 1.807) is 12.4 Å². The zero-order chi connectivity index (χ0) is 11.4. The lowest BCUT2D eigenvalue weighted by Crippen LogP contribution is -1.82. The van der Waals surface area contributed by atoms with Crippen LogP contribution in [0.3, 0.4) is 0 Å². The van der Waals surface area contributed by atoms with Crippen LogP contribution in [-0.4, -0.2) is 21.6 Å². The number of halogens is 1. The molecular weight excluding hydrogens is 268 g/mol. The Kier molecular flexibility index (Phi) is 3.37. The number of hydrogen-bond acceptors (Lipinski definition) is 2. The zero-order valence-corrected chi connectivity index (χ0v) is 10.0. The number of aldehydes is 1. The lowest BCUT2D eigenvalue weighted by Gasteiger charge is -1.92. The van der Waals surface area contributed by atoms with Gasteiger partial charge in [-0.05, 0) is 6.07 Å². The number of nitrogens with zero attached hydrogens (tertiary/aromatic N) is 1. The Morgan fingerprint density at radius 1 is 1.56 bits per heavy atom. The Morgan fingerprint density at radius 2 is 2.44 bits per heavy atom. The summed E-state index contributed by atoms with van der Waals surface area (Å²) in [6.07, 6.45) is 4.97. The minimum absolute atomic E-state index is 0.617. The van der Waals surface area contributed by atoms with Crippen LogP contribution >= 0.6 is 15.9 Å². The molecule has 0 saturated heterocycles. The Bertz CT molecular complexity index is 577. The molecule has 0 aliphatic rings. The van der Waals surface area contributed by atoms with Crippen LogP contribution < -0.4 is 0 Å². The summed E-state index contributed by atoms with van der Waals surface area (Å²) in [6, 6.07) is 1.88. The highest BCUT2D eigenvalue weighted by molar-refractivity contribution is 9.09. The van der Waals surface area contributed by atoms with E-state index in [1.807, 2.05) is 6.07 Å². The first-order valence-electron chi connectivity index (χ1n) is 4.82. The number of aromatic amines is 1. The number of alkyl halides is 1. The molecule has 0 unspecified atom stereocenters. The highest BCUT2D eigenvalue weighted by atomic mass is 79.9. The molecule has 0 saturated carbocycles. The van der Waals surface area contributed by atoms with Gasteiger partial charge in [-0.15, -0.1) is 0 Å². The third-order valence-corrected chi connectivity index (χ3v) is 2.54. The summed E-state index contributed by atoms with van der Waals surface area (Å²) < 4.78 is 0. The smallest absolute Gasteiger partial charge is 0.152 e. The van der Waals surface area contributed by atoms with Crippen LogP contribution in [0.1, 0.15) is 22.3 Å². The maximum Gasteiger partial charge on any atom is 0.152 e. The van der Waals surface area contributed by atoms with Crippen molar-refractivity contribution in [2.24, 2.45) is 0 Å². The first-order chi connectivity index (χ1) is 7.85. The van der Waals surface area contributed by atoms with Gasteiger partial charge in [0.2, 0.25) is 0 Å². The predicted molar refractivity (Wildman–Crippen MR) is 66.8 cm³/mol. The molecular formula is C12H9BrN2O. The number of carbonyl (C=O) groups is 1. The molecule has 0 spiro atoms. The maximum absolute atomic E-state index is 10.8. The van der Waals surface area contributed by atoms with Crippen LogP contribution in [0.2, 0.25) is 0 Å². The Hall–Kier alpha value is -1.60. The molecule has 3 nitrogen and oxygen atoms in total. The van der Waals surface area contributed by atoms with E-state index in [1.165, 1.54) is 0 Å². The third kappa shape index (κ3) is 2.15. The van der Waals surface area contributed by atoms with Crippen molar-refractivity contribution in [2.75, 3.05) is 5.33 Å². The van der Waals surface area contributed by atoms with E-state index in [0.29, 0.717) is 11.2 Å². The number of pyridine rings is 1. The number of nitrogens with one attached hydrogen (secondary N) is 1. The molecule has 0 aliphatic carbocycles. The van der Waals surface area contributed by atoms with Crippen molar-refractivity contribution in [3.8, 4) is 11.8 Å². The molecule has 80 valence electrons. The summed E-state index contributed by atoms with van der Waals surface area (Å²) in [4.78, 5) is 17.9. The number of rotatable bonds is 2. The molecule has 0 aliphatic heterocycles. The number of aromatic nitrogens is 2. The quantitative estimate of drug-likeness (QED) is 0.521. The fraction of sp³-hybridized carbons (Fsp3) is 0.167. The van der Waals surface area contributed by atoms with Crippen LogP contribution in [0.4, 0.5) is 0 Å². The molecule has 4 heteroatoms. The van der Waals surface area contributed by atoms with Crippen molar-refractivity contribution in [3.63, 3.8) is 0 Å². The molecule has 2 aromatic heterocycles. The fourth-order valence-corrected chi connectivity index (χ4v) is 1.60. The Morgan fingerprint density at radius 3 is 3.19 bits per heavy atom. The van der Waals surface area contributed by atoms with Gasteiger partial charge in [-0.1, -0.05) is 27.8 Å². The minimum Gasteiger partial charge on any atom is -0.345 e. The largest absolute Gasteiger partial charge is 0.345 e. The lowest BCUT2D eigenvalue weighted by atomic mass is 10.2. The molecule has 2 aromatic rings. The second-order valence-corrected chi connectivity index (χ2v) is 4.02. The summed E-state index contributed by atoms with van der Waals surface area (Å²) in [6.45, 7) is 0. The molecule has 0 amide bonds. The molecule has 0 atom stereocenters. The zero-order valence-electron chi connectivity index (χ0n) is 8.46. The van der Waals surface area contributed by atoms with Gasteiger partial charge in [-0.2, -0.15) is 0 Å². The maximum atomic E-state index is 10.8. The van der Waals surface area contributed by atoms with Crippen molar-refractivity contribution >= 4 is 33.2 Å². The van der Waals surface area contributed by atoms with Crippen molar-refractivity contribution in [3.05, 3.63) is 29.6 Å². The highest BCUT2D eigenvalue weighted by Crippen LogP contribution is 2.15. The number of H-pyrrole nitrogens is 1. The SMILES string of the molecule is O=Cc1c[nH]c2ncc(C#CCCBr)cc12. The summed E-state index contributed by atoms with van der Waals surface area (Å²) in [7, 11) is 0. The van der Waals surface area contributed by atoms with Crippen molar-refractivity contribution < 1.29 is 4.79 Å². The molecule has 1 N–H and O–H groups in total. The van der Waals surface area contributed by atoms with Gasteiger partial charge >= 0.3 is 0 Å². The summed E-state index contributed by atoms with van der Waals surface area (Å²) in [5.41, 5.74) is 2.16. The number of carbonyl (C=O) groups excluding carboxylic acids is 1. The van der Waals surface area contributed by atoms with Gasteiger partial charge in [0.25, 0.3) is 0 Å². The van der Waals surface area contributed by atoms with E-state index >= 15 is 0 Å². The van der Waals surface area contributed by atoms with Crippen LogP contribution in [-0.2, 0) is 0 Å². The standard InChI is InChI=1S/C12H9BrN2O/c13-4-2-1-3-9-5-11-10(8-16)7-15-12(11)14-6-9/h5-8H,2,4H2,(H,14,15). The second-order valence-electron chi connectivity index (χ2n) is 3.22. The van der Waals surface area contributed by atoms with Gasteiger partial charge in [0, 0.05) is 40.7 Å². The first kappa shape index (κ1) is 10.9. The molecule has 16 heavy (non-hydrogen) atoms. The Labute approximate surface area is 101 Å². The van der Waals surface area contributed by atoms with Crippen LogP contribution in [0, 0.1) is 11.8 Å². The van der Waals surface area contributed by atoms with E-state index < -0.39 is 0 Å². The van der Waals surface area contributed by atoms with Crippen molar-refractivity contribution in [1.82, 2.24) is 9.97 Å². The topological polar surface area (TPSA) is 45.8 Å². The van der Waals surface area contributed by atoms with E-state index in [0.717, 1.165) is 29.0 Å². The van der Waals surface area contributed by atoms with E-state index in [-0.39, 0.29) is 0 Å². The molecule has 0 aromatic carbocycles. The highest BCUT2D eigenvalue weighted by Gasteiger charge is 2.03. The van der Waals surface area contributed by atoms with Crippen molar-refractivity contribution in [2.45, 2.75) is 6.42 Å². The minimum atomic E-state index is 0.617. The molecule has 0 bridgehead atoms. The third-order valence-electron chi connectivity index (χ3n) is 2.14. The first-order valence-corrected chi connectivity index (χ1v) is 5.94. The van der Waals surface area contributed by atoms with Crippen LogP contribution in [0.15, 0.2) is 18.5 Å². The predicted octanol–water partition coefficient (Wildman–Crippen LogP) is 2.51. The average molecular weight is 277 g/mol. The van der Waals surface area contributed by atoms with Crippen LogP contribution in [0.25, 0.3) is 11.0 Å². The van der Waals surface area contributed by atoms with Gasteiger partial charge in [-0.3, -0.25) is 4.79 Å². The molecule has 0 radical (unpaired) electrons.